The second-order valence-corrected chi connectivity index (χ2v) is 5.13. The van der Waals surface area contributed by atoms with Gasteiger partial charge in [-0.25, -0.2) is 4.79 Å². The summed E-state index contributed by atoms with van der Waals surface area (Å²) in [5.74, 6) is -0.758. The zero-order chi connectivity index (χ0) is 11.4. The van der Waals surface area contributed by atoms with Crippen molar-refractivity contribution in [2.24, 2.45) is 0 Å². The molecule has 1 aromatic rings. The summed E-state index contributed by atoms with van der Waals surface area (Å²) in [5, 5.41) is 0. The minimum absolute atomic E-state index is 0.176. The SMILES string of the molecule is COC(=O)c1cc(COC(C)=O)sc1Br. The highest BCUT2D eigenvalue weighted by Crippen LogP contribution is 2.29. The maximum atomic E-state index is 11.2. The van der Waals surface area contributed by atoms with E-state index in [9.17, 15) is 9.59 Å². The molecular weight excluding hydrogens is 284 g/mol. The largest absolute Gasteiger partial charge is 0.465 e. The minimum atomic E-state index is -0.410. The van der Waals surface area contributed by atoms with Crippen LogP contribution in [0.1, 0.15) is 22.2 Å². The number of hydrogen-bond donors (Lipinski definition) is 0. The predicted octanol–water partition coefficient (Wildman–Crippen LogP) is 2.36. The first-order chi connectivity index (χ1) is 7.04. The number of halogens is 1. The molecule has 0 saturated heterocycles. The standard InChI is InChI=1S/C9H9BrO4S/c1-5(11)14-4-6-3-7(8(10)15-6)9(12)13-2/h3H,4H2,1-2H3. The van der Waals surface area contributed by atoms with Gasteiger partial charge in [0.1, 0.15) is 6.61 Å². The van der Waals surface area contributed by atoms with Crippen LogP contribution in [-0.2, 0) is 20.9 Å². The Morgan fingerprint density at radius 1 is 1.53 bits per heavy atom. The first-order valence-corrected chi connectivity index (χ1v) is 5.65. The molecule has 0 aromatic carbocycles. The Balaban J connectivity index is 2.76. The van der Waals surface area contributed by atoms with Gasteiger partial charge in [-0.1, -0.05) is 0 Å². The number of esters is 2. The Morgan fingerprint density at radius 2 is 2.20 bits per heavy atom. The molecule has 4 nitrogen and oxygen atoms in total. The first kappa shape index (κ1) is 12.2. The summed E-state index contributed by atoms with van der Waals surface area (Å²) >= 11 is 4.58. The van der Waals surface area contributed by atoms with Crippen LogP contribution in [0.25, 0.3) is 0 Å². The number of methoxy groups -OCH3 is 1. The monoisotopic (exact) mass is 292 g/mol. The smallest absolute Gasteiger partial charge is 0.339 e. The lowest BCUT2D eigenvalue weighted by Gasteiger charge is -1.96. The van der Waals surface area contributed by atoms with Gasteiger partial charge in [-0.15, -0.1) is 11.3 Å². The summed E-state index contributed by atoms with van der Waals surface area (Å²) in [6.07, 6.45) is 0. The molecule has 6 heteroatoms. The van der Waals surface area contributed by atoms with Crippen molar-refractivity contribution in [1.82, 2.24) is 0 Å². The maximum Gasteiger partial charge on any atom is 0.339 e. The predicted molar refractivity (Wildman–Crippen MR) is 58.8 cm³/mol. The Kier molecular flexibility index (Phi) is 4.28. The van der Waals surface area contributed by atoms with Crippen molar-refractivity contribution in [2.75, 3.05) is 7.11 Å². The lowest BCUT2D eigenvalue weighted by Crippen LogP contribution is -2.00. The number of carbonyl (C=O) groups excluding carboxylic acids is 2. The van der Waals surface area contributed by atoms with Gasteiger partial charge in [0.2, 0.25) is 0 Å². The van der Waals surface area contributed by atoms with Crippen LogP contribution in [0.15, 0.2) is 9.85 Å². The highest BCUT2D eigenvalue weighted by atomic mass is 79.9. The molecule has 0 aliphatic rings. The van der Waals surface area contributed by atoms with Gasteiger partial charge in [0, 0.05) is 11.8 Å². The molecule has 1 rings (SSSR count). The van der Waals surface area contributed by atoms with E-state index in [2.05, 4.69) is 20.7 Å². The second kappa shape index (κ2) is 5.27. The summed E-state index contributed by atoms with van der Waals surface area (Å²) in [7, 11) is 1.32. The number of hydrogen-bond acceptors (Lipinski definition) is 5. The van der Waals surface area contributed by atoms with Crippen LogP contribution in [0, 0.1) is 0 Å². The van der Waals surface area contributed by atoms with Crippen LogP contribution in [-0.4, -0.2) is 19.0 Å². The van der Waals surface area contributed by atoms with Gasteiger partial charge in [-0.2, -0.15) is 0 Å². The van der Waals surface area contributed by atoms with E-state index in [-0.39, 0.29) is 12.6 Å². The van der Waals surface area contributed by atoms with Crippen LogP contribution in [0.3, 0.4) is 0 Å². The van der Waals surface area contributed by atoms with E-state index in [1.54, 1.807) is 6.07 Å². The highest BCUT2D eigenvalue weighted by Gasteiger charge is 2.14. The van der Waals surface area contributed by atoms with E-state index in [1.165, 1.54) is 25.4 Å². The molecule has 0 aliphatic carbocycles. The summed E-state index contributed by atoms with van der Waals surface area (Å²) in [6, 6.07) is 1.64. The third-order valence-electron chi connectivity index (χ3n) is 1.56. The molecule has 0 radical (unpaired) electrons. The fraction of sp³-hybridized carbons (Fsp3) is 0.333. The molecule has 0 N–H and O–H groups in total. The van der Waals surface area contributed by atoms with E-state index in [0.29, 0.717) is 9.35 Å². The molecule has 0 bridgehead atoms. The van der Waals surface area contributed by atoms with Gasteiger partial charge in [0.05, 0.1) is 16.5 Å². The Hall–Kier alpha value is -0.880. The topological polar surface area (TPSA) is 52.6 Å². The van der Waals surface area contributed by atoms with Crippen molar-refractivity contribution in [3.8, 4) is 0 Å². The Bertz CT molecular complexity index is 385. The Morgan fingerprint density at radius 3 is 2.73 bits per heavy atom. The minimum Gasteiger partial charge on any atom is -0.465 e. The maximum absolute atomic E-state index is 11.2. The molecule has 1 heterocycles. The van der Waals surface area contributed by atoms with Crippen molar-refractivity contribution < 1.29 is 19.1 Å². The molecule has 0 spiro atoms. The quantitative estimate of drug-likeness (QED) is 0.803. The summed E-state index contributed by atoms with van der Waals surface area (Å²) < 4.78 is 10.1. The lowest BCUT2D eigenvalue weighted by molar-refractivity contribution is -0.142. The average Bonchev–Trinajstić information content (AvgIpc) is 2.55. The zero-order valence-corrected chi connectivity index (χ0v) is 10.6. The summed E-state index contributed by atoms with van der Waals surface area (Å²) in [4.78, 5) is 22.6. The van der Waals surface area contributed by atoms with Gasteiger partial charge < -0.3 is 9.47 Å². The fourth-order valence-corrected chi connectivity index (χ4v) is 2.59. The first-order valence-electron chi connectivity index (χ1n) is 4.04. The molecule has 0 saturated carbocycles. The van der Waals surface area contributed by atoms with Crippen molar-refractivity contribution in [2.45, 2.75) is 13.5 Å². The van der Waals surface area contributed by atoms with Crippen LogP contribution < -0.4 is 0 Å². The van der Waals surface area contributed by atoms with Crippen LogP contribution in [0.4, 0.5) is 0 Å². The van der Waals surface area contributed by atoms with Gasteiger partial charge in [-0.05, 0) is 22.0 Å². The highest BCUT2D eigenvalue weighted by molar-refractivity contribution is 9.11. The molecule has 0 atom stereocenters. The second-order valence-electron chi connectivity index (χ2n) is 2.67. The van der Waals surface area contributed by atoms with Crippen LogP contribution in [0.2, 0.25) is 0 Å². The van der Waals surface area contributed by atoms with E-state index < -0.39 is 5.97 Å². The molecule has 0 aliphatic heterocycles. The molecular formula is C9H9BrO4S. The van der Waals surface area contributed by atoms with Gasteiger partial charge >= 0.3 is 11.9 Å². The van der Waals surface area contributed by atoms with Crippen molar-refractivity contribution in [3.63, 3.8) is 0 Å². The van der Waals surface area contributed by atoms with E-state index in [4.69, 9.17) is 4.74 Å². The van der Waals surface area contributed by atoms with Crippen molar-refractivity contribution >= 4 is 39.2 Å². The molecule has 0 fully saturated rings. The molecule has 1 aromatic heterocycles. The summed E-state index contributed by atoms with van der Waals surface area (Å²) in [5.41, 5.74) is 0.449. The van der Waals surface area contributed by atoms with Gasteiger partial charge in [0.15, 0.2) is 0 Å². The number of rotatable bonds is 3. The van der Waals surface area contributed by atoms with Gasteiger partial charge in [-0.3, -0.25) is 4.79 Å². The molecule has 0 unspecified atom stereocenters. The van der Waals surface area contributed by atoms with Crippen LogP contribution in [0.5, 0.6) is 0 Å². The van der Waals surface area contributed by atoms with E-state index in [1.807, 2.05) is 0 Å². The van der Waals surface area contributed by atoms with Gasteiger partial charge in [0.25, 0.3) is 0 Å². The van der Waals surface area contributed by atoms with Crippen LogP contribution >= 0.6 is 27.3 Å². The third kappa shape index (κ3) is 3.32. The van der Waals surface area contributed by atoms with E-state index in [0.717, 1.165) is 4.88 Å². The Labute approximate surface area is 99.3 Å². The number of thiophene rings is 1. The van der Waals surface area contributed by atoms with E-state index >= 15 is 0 Å². The number of carbonyl (C=O) groups is 2. The third-order valence-corrected chi connectivity index (χ3v) is 3.37. The normalized spacial score (nSPS) is 9.80. The number of ether oxygens (including phenoxy) is 2. The lowest BCUT2D eigenvalue weighted by atomic mass is 10.3. The molecule has 82 valence electrons. The zero-order valence-electron chi connectivity index (χ0n) is 8.20. The fourth-order valence-electron chi connectivity index (χ4n) is 0.910. The summed E-state index contributed by atoms with van der Waals surface area (Å²) in [6.45, 7) is 1.51. The average molecular weight is 293 g/mol. The molecule has 15 heavy (non-hydrogen) atoms. The molecule has 0 amide bonds. The van der Waals surface area contributed by atoms with Crippen molar-refractivity contribution in [3.05, 3.63) is 20.3 Å². The van der Waals surface area contributed by atoms with Crippen molar-refractivity contribution in [1.29, 1.82) is 0 Å².